The summed E-state index contributed by atoms with van der Waals surface area (Å²) in [6.07, 6.45) is 1.82. The maximum atomic E-state index is 12.7. The Kier molecular flexibility index (Phi) is 6.64. The van der Waals surface area contributed by atoms with Crippen LogP contribution in [0.25, 0.3) is 32.8 Å². The van der Waals surface area contributed by atoms with Gasteiger partial charge in [0.1, 0.15) is 4.88 Å². The number of hydrogen-bond acceptors (Lipinski definition) is 8. The van der Waals surface area contributed by atoms with Gasteiger partial charge in [-0.2, -0.15) is 0 Å². The first-order chi connectivity index (χ1) is 17.1. The Labute approximate surface area is 208 Å². The molecule has 10 heteroatoms. The predicted octanol–water partition coefficient (Wildman–Crippen LogP) is 5.85. The minimum absolute atomic E-state index is 0.0360. The maximum Gasteiger partial charge on any atom is 0.350 e. The number of thioether (sulfide) groups is 1. The second-order valence-corrected chi connectivity index (χ2v) is 9.38. The fourth-order valence-electron chi connectivity index (χ4n) is 3.52. The number of nitrogens with zero attached hydrogens (tertiary/aromatic N) is 2. The summed E-state index contributed by atoms with van der Waals surface area (Å²) in [6, 6.07) is 19.3. The number of benzene rings is 2. The van der Waals surface area contributed by atoms with Gasteiger partial charge in [-0.15, -0.1) is 21.5 Å². The molecule has 2 aromatic carbocycles. The number of amides is 1. The van der Waals surface area contributed by atoms with Gasteiger partial charge in [-0.25, -0.2) is 4.79 Å². The monoisotopic (exact) mass is 504 g/mol. The minimum atomic E-state index is -0.470. The van der Waals surface area contributed by atoms with Crippen molar-refractivity contribution in [3.8, 4) is 21.9 Å². The fourth-order valence-corrected chi connectivity index (χ4v) is 5.09. The van der Waals surface area contributed by atoms with E-state index in [1.54, 1.807) is 13.0 Å². The summed E-state index contributed by atoms with van der Waals surface area (Å²) in [6.45, 7) is 1.99. The van der Waals surface area contributed by atoms with Crippen LogP contribution in [-0.4, -0.2) is 39.4 Å². The Bertz CT molecular complexity index is 1490. The van der Waals surface area contributed by atoms with Gasteiger partial charge in [0.15, 0.2) is 0 Å². The molecule has 35 heavy (non-hydrogen) atoms. The van der Waals surface area contributed by atoms with E-state index in [1.807, 2.05) is 60.8 Å². The van der Waals surface area contributed by atoms with E-state index >= 15 is 0 Å². The van der Waals surface area contributed by atoms with Crippen molar-refractivity contribution < 1.29 is 18.7 Å². The lowest BCUT2D eigenvalue weighted by atomic mass is 10.2. The molecule has 2 N–H and O–H groups in total. The Morgan fingerprint density at radius 1 is 1.11 bits per heavy atom. The van der Waals surface area contributed by atoms with Crippen LogP contribution in [0, 0.1) is 0 Å². The molecule has 3 aromatic heterocycles. The number of para-hydroxylation sites is 1. The number of carbonyl (C=O) groups excluding carboxylic acids is 2. The van der Waals surface area contributed by atoms with Crippen LogP contribution in [0.3, 0.4) is 0 Å². The molecular weight excluding hydrogens is 484 g/mol. The lowest BCUT2D eigenvalue weighted by Gasteiger charge is -2.05. The van der Waals surface area contributed by atoms with Gasteiger partial charge in [-0.3, -0.25) is 4.79 Å². The molecule has 3 heterocycles. The van der Waals surface area contributed by atoms with Gasteiger partial charge in [0.25, 0.3) is 11.1 Å². The van der Waals surface area contributed by atoms with E-state index in [1.165, 1.54) is 11.3 Å². The zero-order chi connectivity index (χ0) is 24.2. The number of aromatic nitrogens is 3. The van der Waals surface area contributed by atoms with E-state index in [2.05, 4.69) is 20.5 Å². The van der Waals surface area contributed by atoms with Crippen molar-refractivity contribution >= 4 is 51.6 Å². The zero-order valence-electron chi connectivity index (χ0n) is 18.6. The Morgan fingerprint density at radius 3 is 2.74 bits per heavy atom. The molecule has 0 radical (unpaired) electrons. The number of thiophene rings is 1. The first kappa shape index (κ1) is 22.9. The average Bonchev–Trinajstić information content (AvgIpc) is 3.61. The molecule has 0 saturated heterocycles. The van der Waals surface area contributed by atoms with Gasteiger partial charge in [-0.1, -0.05) is 60.3 Å². The number of nitrogens with one attached hydrogen (secondary N) is 2. The van der Waals surface area contributed by atoms with Crippen molar-refractivity contribution in [2.24, 2.45) is 0 Å². The molecule has 0 aliphatic carbocycles. The van der Waals surface area contributed by atoms with Crippen LogP contribution in [0.4, 0.5) is 5.69 Å². The van der Waals surface area contributed by atoms with Crippen LogP contribution < -0.4 is 5.32 Å². The van der Waals surface area contributed by atoms with Gasteiger partial charge in [-0.05, 0) is 24.6 Å². The van der Waals surface area contributed by atoms with E-state index < -0.39 is 5.97 Å². The van der Waals surface area contributed by atoms with Gasteiger partial charge >= 0.3 is 5.97 Å². The highest BCUT2D eigenvalue weighted by Gasteiger charge is 2.21. The molecule has 0 aliphatic heterocycles. The van der Waals surface area contributed by atoms with Crippen molar-refractivity contribution in [1.29, 1.82) is 0 Å². The average molecular weight is 505 g/mol. The number of ether oxygens (including phenoxy) is 1. The van der Waals surface area contributed by atoms with Crippen LogP contribution in [0.1, 0.15) is 16.6 Å². The number of rotatable bonds is 8. The predicted molar refractivity (Wildman–Crippen MR) is 137 cm³/mol. The van der Waals surface area contributed by atoms with Gasteiger partial charge in [0.05, 0.1) is 23.6 Å². The number of aromatic amines is 1. The molecule has 0 aliphatic rings. The number of hydrogen-bond donors (Lipinski definition) is 2. The lowest BCUT2D eigenvalue weighted by Crippen LogP contribution is -2.16. The second-order valence-electron chi connectivity index (χ2n) is 7.40. The van der Waals surface area contributed by atoms with E-state index in [4.69, 9.17) is 9.15 Å². The van der Waals surface area contributed by atoms with Crippen LogP contribution in [0.5, 0.6) is 0 Å². The molecular formula is C25H20N4O4S2. The number of esters is 1. The van der Waals surface area contributed by atoms with Crippen LogP contribution in [-0.2, 0) is 9.53 Å². The molecule has 1 amide bonds. The zero-order valence-corrected chi connectivity index (χ0v) is 20.2. The van der Waals surface area contributed by atoms with Gasteiger partial charge < -0.3 is 19.5 Å². The third kappa shape index (κ3) is 4.98. The first-order valence-corrected chi connectivity index (χ1v) is 12.6. The first-order valence-electron chi connectivity index (χ1n) is 10.8. The summed E-state index contributed by atoms with van der Waals surface area (Å²) >= 11 is 2.40. The highest BCUT2D eigenvalue weighted by molar-refractivity contribution is 7.99. The molecule has 8 nitrogen and oxygen atoms in total. The molecule has 5 aromatic rings. The quantitative estimate of drug-likeness (QED) is 0.201. The summed E-state index contributed by atoms with van der Waals surface area (Å²) in [5.74, 6) is -0.359. The molecule has 5 rings (SSSR count). The normalized spacial score (nSPS) is 11.0. The SMILES string of the molecule is CCOC(=O)c1sc(-c2ccccc2)cc1NC(=O)CSc1nnc(-c2c[nH]c3ccccc23)o1. The van der Waals surface area contributed by atoms with Crippen molar-refractivity contribution in [3.63, 3.8) is 0 Å². The number of H-pyrrole nitrogens is 1. The molecule has 0 unspecified atom stereocenters. The largest absolute Gasteiger partial charge is 0.462 e. The summed E-state index contributed by atoms with van der Waals surface area (Å²) in [5, 5.41) is 12.2. The fraction of sp³-hybridized carbons (Fsp3) is 0.120. The van der Waals surface area contributed by atoms with Crippen LogP contribution in [0.2, 0.25) is 0 Å². The summed E-state index contributed by atoms with van der Waals surface area (Å²) < 4.78 is 10.9. The highest BCUT2D eigenvalue weighted by atomic mass is 32.2. The molecule has 0 bridgehead atoms. The number of carbonyl (C=O) groups is 2. The smallest absolute Gasteiger partial charge is 0.350 e. The Morgan fingerprint density at radius 2 is 1.91 bits per heavy atom. The van der Waals surface area contributed by atoms with Crippen molar-refractivity contribution in [2.75, 3.05) is 17.7 Å². The second kappa shape index (κ2) is 10.2. The Hall–Kier alpha value is -3.89. The van der Waals surface area contributed by atoms with Gasteiger partial charge in [0.2, 0.25) is 5.91 Å². The van der Waals surface area contributed by atoms with Crippen molar-refractivity contribution in [3.05, 3.63) is 71.7 Å². The molecule has 0 saturated carbocycles. The maximum absolute atomic E-state index is 12.7. The number of fused-ring (bicyclic) bond motifs is 1. The van der Waals surface area contributed by atoms with E-state index in [0.29, 0.717) is 16.5 Å². The van der Waals surface area contributed by atoms with Crippen molar-refractivity contribution in [1.82, 2.24) is 15.2 Å². The number of anilines is 1. The molecule has 0 fully saturated rings. The van der Waals surface area contributed by atoms with Gasteiger partial charge in [0, 0.05) is 22.0 Å². The van der Waals surface area contributed by atoms with Crippen LogP contribution >= 0.6 is 23.1 Å². The summed E-state index contributed by atoms with van der Waals surface area (Å²) in [4.78, 5) is 29.6. The molecule has 176 valence electrons. The third-order valence-corrected chi connectivity index (χ3v) is 7.06. The highest BCUT2D eigenvalue weighted by Crippen LogP contribution is 2.36. The van der Waals surface area contributed by atoms with E-state index in [0.717, 1.165) is 38.7 Å². The van der Waals surface area contributed by atoms with E-state index in [9.17, 15) is 9.59 Å². The third-order valence-electron chi connectivity index (χ3n) is 5.08. The van der Waals surface area contributed by atoms with Crippen LogP contribution in [0.15, 0.2) is 76.5 Å². The topological polar surface area (TPSA) is 110 Å². The summed E-state index contributed by atoms with van der Waals surface area (Å²) in [5.41, 5.74) is 3.14. The summed E-state index contributed by atoms with van der Waals surface area (Å²) in [7, 11) is 0. The minimum Gasteiger partial charge on any atom is -0.462 e. The Balaban J connectivity index is 1.28. The molecule has 0 spiro atoms. The molecule has 0 atom stereocenters. The standard InChI is InChI=1S/C25H20N4O4S2/c1-2-32-24(31)22-19(12-20(35-22)15-8-4-3-5-9-15)27-21(30)14-34-25-29-28-23(33-25)17-13-26-18-11-7-6-10-16(17)18/h3-13,26H,2,14H2,1H3,(H,27,30). The van der Waals surface area contributed by atoms with Crippen molar-refractivity contribution in [2.45, 2.75) is 12.1 Å². The lowest BCUT2D eigenvalue weighted by molar-refractivity contribution is -0.113. The van der Waals surface area contributed by atoms with E-state index in [-0.39, 0.29) is 23.5 Å².